The van der Waals surface area contributed by atoms with E-state index in [1.54, 1.807) is 18.2 Å². The Morgan fingerprint density at radius 1 is 1.21 bits per heavy atom. The van der Waals surface area contributed by atoms with Gasteiger partial charge in [0.1, 0.15) is 5.75 Å². The van der Waals surface area contributed by atoms with Crippen LogP contribution in [-0.2, 0) is 0 Å². The van der Waals surface area contributed by atoms with Crippen molar-refractivity contribution in [2.24, 2.45) is 5.92 Å². The largest absolute Gasteiger partial charge is 0.493 e. The molecule has 144 valence electrons. The number of aromatic amines is 1. The van der Waals surface area contributed by atoms with Gasteiger partial charge in [0, 0.05) is 28.6 Å². The van der Waals surface area contributed by atoms with E-state index < -0.39 is 5.69 Å². The maximum atomic E-state index is 12.2. The molecule has 0 radical (unpaired) electrons. The van der Waals surface area contributed by atoms with Crippen molar-refractivity contribution in [2.75, 3.05) is 12.3 Å². The second-order valence-electron chi connectivity index (χ2n) is 7.00. The number of hydrogen-bond acceptors (Lipinski definition) is 5. The summed E-state index contributed by atoms with van der Waals surface area (Å²) in [6, 6.07) is 14.7. The van der Waals surface area contributed by atoms with E-state index in [-0.39, 0.29) is 0 Å². The molecule has 0 atom stereocenters. The Hall–Kier alpha value is -3.41. The highest BCUT2D eigenvalue weighted by Gasteiger charge is 2.11. The maximum absolute atomic E-state index is 12.2. The molecule has 1 heterocycles. The molecule has 0 saturated carbocycles. The van der Waals surface area contributed by atoms with E-state index >= 15 is 0 Å². The van der Waals surface area contributed by atoms with Crippen molar-refractivity contribution >= 4 is 11.9 Å². The quantitative estimate of drug-likeness (QED) is 0.426. The average molecular weight is 376 g/mol. The lowest BCUT2D eigenvalue weighted by molar-refractivity contribution is 0.290. The zero-order chi connectivity index (χ0) is 20.1. The van der Waals surface area contributed by atoms with Crippen molar-refractivity contribution in [1.29, 1.82) is 5.41 Å². The molecule has 2 aromatic carbocycles. The maximum Gasteiger partial charge on any atom is 0.345 e. The van der Waals surface area contributed by atoms with Gasteiger partial charge in [-0.05, 0) is 36.6 Å². The number of nitrogens with two attached hydrogens (primary N) is 1. The van der Waals surface area contributed by atoms with Crippen molar-refractivity contribution in [3.8, 4) is 28.3 Å². The van der Waals surface area contributed by atoms with E-state index in [1.807, 2.05) is 30.3 Å². The van der Waals surface area contributed by atoms with Crippen LogP contribution < -0.4 is 16.2 Å². The predicted molar refractivity (Wildman–Crippen MR) is 113 cm³/mol. The molecule has 0 aliphatic carbocycles. The van der Waals surface area contributed by atoms with Gasteiger partial charge in [0.25, 0.3) is 0 Å². The molecule has 0 aliphatic rings. The van der Waals surface area contributed by atoms with Crippen LogP contribution in [0.4, 0.5) is 5.69 Å². The summed E-state index contributed by atoms with van der Waals surface area (Å²) in [6.07, 6.45) is 2.14. The Balaban J connectivity index is 2.00. The number of rotatable bonds is 7. The first kappa shape index (κ1) is 19.4. The number of benzene rings is 2. The highest BCUT2D eigenvalue weighted by molar-refractivity contribution is 5.87. The third-order valence-corrected chi connectivity index (χ3v) is 4.41. The van der Waals surface area contributed by atoms with Crippen LogP contribution in [0.5, 0.6) is 5.75 Å². The standard InChI is InChI=1S/C22H24N4O2/c1-14(2)9-10-28-21-6-4-3-5-17(21)20-12-19(25-22(27)26-20)15-7-8-16(13-23)18(24)11-15/h3-8,11-14,23H,9-10,24H2,1-2H3,(H,25,26,27). The average Bonchev–Trinajstić information content (AvgIpc) is 2.67. The normalized spacial score (nSPS) is 10.8. The predicted octanol–water partition coefficient (Wildman–Crippen LogP) is 4.11. The van der Waals surface area contributed by atoms with E-state index in [0.29, 0.717) is 40.7 Å². The fourth-order valence-electron chi connectivity index (χ4n) is 2.84. The molecule has 6 heteroatoms. The summed E-state index contributed by atoms with van der Waals surface area (Å²) in [5.41, 5.74) is 9.28. The van der Waals surface area contributed by atoms with Crippen LogP contribution in [0.15, 0.2) is 53.3 Å². The summed E-state index contributed by atoms with van der Waals surface area (Å²) in [7, 11) is 0. The first-order valence-corrected chi connectivity index (χ1v) is 9.22. The minimum atomic E-state index is -0.445. The topological polar surface area (TPSA) is 105 Å². The number of hydrogen-bond donors (Lipinski definition) is 3. The van der Waals surface area contributed by atoms with Gasteiger partial charge in [0.2, 0.25) is 0 Å². The van der Waals surface area contributed by atoms with E-state index in [0.717, 1.165) is 17.7 Å². The third kappa shape index (κ3) is 4.46. The molecule has 0 amide bonds. The van der Waals surface area contributed by atoms with Crippen LogP contribution in [-0.4, -0.2) is 22.8 Å². The van der Waals surface area contributed by atoms with Gasteiger partial charge in [-0.3, -0.25) is 0 Å². The van der Waals surface area contributed by atoms with Gasteiger partial charge < -0.3 is 20.9 Å². The number of anilines is 1. The molecule has 6 nitrogen and oxygen atoms in total. The number of nitrogen functional groups attached to an aromatic ring is 1. The van der Waals surface area contributed by atoms with Crippen molar-refractivity contribution in [1.82, 2.24) is 9.97 Å². The lowest BCUT2D eigenvalue weighted by atomic mass is 10.0. The molecule has 0 aliphatic heterocycles. The summed E-state index contributed by atoms with van der Waals surface area (Å²) < 4.78 is 5.95. The van der Waals surface area contributed by atoms with Crippen LogP contribution in [0.2, 0.25) is 0 Å². The lowest BCUT2D eigenvalue weighted by Gasteiger charge is -2.13. The smallest absolute Gasteiger partial charge is 0.345 e. The Labute approximate surface area is 163 Å². The van der Waals surface area contributed by atoms with Crippen LogP contribution >= 0.6 is 0 Å². The zero-order valence-corrected chi connectivity index (χ0v) is 16.0. The molecule has 28 heavy (non-hydrogen) atoms. The van der Waals surface area contributed by atoms with Crippen LogP contribution in [0.1, 0.15) is 25.8 Å². The summed E-state index contributed by atoms with van der Waals surface area (Å²) in [6.45, 7) is 4.91. The molecule has 1 aromatic heterocycles. The lowest BCUT2D eigenvalue weighted by Crippen LogP contribution is -2.12. The van der Waals surface area contributed by atoms with Gasteiger partial charge in [0.15, 0.2) is 0 Å². The molecule has 3 rings (SSSR count). The molecule has 0 saturated heterocycles. The van der Waals surface area contributed by atoms with Gasteiger partial charge >= 0.3 is 5.69 Å². The summed E-state index contributed by atoms with van der Waals surface area (Å²) in [5.74, 6) is 1.27. The minimum absolute atomic E-state index is 0.445. The number of para-hydroxylation sites is 1. The van der Waals surface area contributed by atoms with Gasteiger partial charge in [-0.25, -0.2) is 4.79 Å². The highest BCUT2D eigenvalue weighted by Crippen LogP contribution is 2.30. The number of H-pyrrole nitrogens is 1. The third-order valence-electron chi connectivity index (χ3n) is 4.41. The Bertz CT molecular complexity index is 1040. The van der Waals surface area contributed by atoms with Crippen LogP contribution in [0.3, 0.4) is 0 Å². The van der Waals surface area contributed by atoms with Crippen LogP contribution in [0, 0.1) is 11.3 Å². The van der Waals surface area contributed by atoms with Crippen molar-refractivity contribution < 1.29 is 4.74 Å². The summed E-state index contributed by atoms with van der Waals surface area (Å²) in [5, 5.41) is 7.36. The monoisotopic (exact) mass is 376 g/mol. The van der Waals surface area contributed by atoms with Gasteiger partial charge in [-0.2, -0.15) is 4.98 Å². The zero-order valence-electron chi connectivity index (χ0n) is 16.0. The number of aromatic nitrogens is 2. The molecule has 0 fully saturated rings. The van der Waals surface area contributed by atoms with Gasteiger partial charge in [0.05, 0.1) is 18.0 Å². The first-order chi connectivity index (χ1) is 13.5. The fraction of sp³-hybridized carbons (Fsp3) is 0.227. The second-order valence-corrected chi connectivity index (χ2v) is 7.00. The van der Waals surface area contributed by atoms with Gasteiger partial charge in [-0.1, -0.05) is 38.1 Å². The Morgan fingerprint density at radius 2 is 2.00 bits per heavy atom. The number of ether oxygens (including phenoxy) is 1. The Kier molecular flexibility index (Phi) is 5.89. The van der Waals surface area contributed by atoms with E-state index in [2.05, 4.69) is 23.8 Å². The second kappa shape index (κ2) is 8.52. The molecule has 0 bridgehead atoms. The first-order valence-electron chi connectivity index (χ1n) is 9.22. The number of nitrogens with zero attached hydrogens (tertiary/aromatic N) is 1. The highest BCUT2D eigenvalue weighted by atomic mass is 16.5. The summed E-state index contributed by atoms with van der Waals surface area (Å²) in [4.78, 5) is 19.1. The van der Waals surface area contributed by atoms with E-state index in [9.17, 15) is 4.79 Å². The molecule has 0 unspecified atom stereocenters. The Morgan fingerprint density at radius 3 is 2.71 bits per heavy atom. The van der Waals surface area contributed by atoms with Gasteiger partial charge in [-0.15, -0.1) is 0 Å². The molecule has 3 aromatic rings. The molecule has 4 N–H and O–H groups in total. The summed E-state index contributed by atoms with van der Waals surface area (Å²) >= 11 is 0. The van der Waals surface area contributed by atoms with E-state index in [4.69, 9.17) is 15.9 Å². The van der Waals surface area contributed by atoms with Crippen molar-refractivity contribution in [3.63, 3.8) is 0 Å². The SMILES string of the molecule is CC(C)CCOc1ccccc1-c1cc(-c2ccc(C=N)c(N)c2)nc(=O)[nH]1. The minimum Gasteiger partial charge on any atom is -0.493 e. The van der Waals surface area contributed by atoms with E-state index in [1.165, 1.54) is 6.21 Å². The van der Waals surface area contributed by atoms with Crippen molar-refractivity contribution in [2.45, 2.75) is 20.3 Å². The molecule has 0 spiro atoms. The molecular formula is C22H24N4O2. The molecular weight excluding hydrogens is 352 g/mol. The van der Waals surface area contributed by atoms with Crippen molar-refractivity contribution in [3.05, 3.63) is 64.6 Å². The fourth-order valence-corrected chi connectivity index (χ4v) is 2.84. The van der Waals surface area contributed by atoms with Crippen LogP contribution in [0.25, 0.3) is 22.5 Å². The number of nitrogens with one attached hydrogen (secondary N) is 2.